The Bertz CT molecular complexity index is 881. The number of anilines is 1. The largest absolute Gasteiger partial charge is 0.448 e. The first-order chi connectivity index (χ1) is 13.0. The molecule has 7 nitrogen and oxygen atoms in total. The Balaban J connectivity index is 2.26. The van der Waals surface area contributed by atoms with E-state index in [-0.39, 0.29) is 29.4 Å². The predicted molar refractivity (Wildman–Crippen MR) is 96.2 cm³/mol. The Kier molecular flexibility index (Phi) is 6.15. The number of hydrogen-bond donors (Lipinski definition) is 3. The van der Waals surface area contributed by atoms with Crippen LogP contribution in [0.1, 0.15) is 28.7 Å². The second-order valence-corrected chi connectivity index (χ2v) is 6.46. The summed E-state index contributed by atoms with van der Waals surface area (Å²) in [5.41, 5.74) is 8.27. The molecule has 0 spiro atoms. The van der Waals surface area contributed by atoms with Gasteiger partial charge in [0.15, 0.2) is 12.1 Å². The van der Waals surface area contributed by atoms with Crippen LogP contribution in [0.5, 0.6) is 0 Å². The number of nitrogens with two attached hydrogens (primary N) is 2. The number of amides is 1. The molecule has 0 aliphatic heterocycles. The van der Waals surface area contributed by atoms with Gasteiger partial charge in [0.2, 0.25) is 0 Å². The fourth-order valence-electron chi connectivity index (χ4n) is 2.37. The van der Waals surface area contributed by atoms with Crippen LogP contribution >= 0.6 is 0 Å². The quantitative estimate of drug-likeness (QED) is 0.630. The van der Waals surface area contributed by atoms with Gasteiger partial charge in [0.05, 0.1) is 6.61 Å². The molecule has 0 aliphatic rings. The van der Waals surface area contributed by atoms with Crippen molar-refractivity contribution < 1.29 is 27.1 Å². The SMILES string of the molecule is C=C(N)COCC(F)(F)[C@](C)(N)c1cc(NC(=O)c2ncoc2C)ccc1F. The summed E-state index contributed by atoms with van der Waals surface area (Å²) in [4.78, 5) is 16.0. The highest BCUT2D eigenvalue weighted by Gasteiger charge is 2.50. The fraction of sp³-hybridized carbons (Fsp3) is 0.333. The number of aromatic nitrogens is 1. The third-order valence-corrected chi connectivity index (χ3v) is 4.07. The highest BCUT2D eigenvalue weighted by atomic mass is 19.3. The Morgan fingerprint density at radius 3 is 2.68 bits per heavy atom. The topological polar surface area (TPSA) is 116 Å². The van der Waals surface area contributed by atoms with Crippen LogP contribution in [-0.4, -0.2) is 30.0 Å². The number of halogens is 3. The van der Waals surface area contributed by atoms with Gasteiger partial charge in [-0.1, -0.05) is 6.58 Å². The Labute approximate surface area is 159 Å². The average molecular weight is 398 g/mol. The number of nitrogens with one attached hydrogen (secondary N) is 1. The standard InChI is InChI=1S/C18H21F3N4O3/c1-10(22)7-27-8-18(20,21)17(3,23)13-6-12(4-5-14(13)19)25-16(26)15-11(2)28-9-24-15/h4-6,9H,1,7-8,22-23H2,2-3H3,(H,25,26)/t17-/m1/s1. The number of ether oxygens (including phenoxy) is 1. The van der Waals surface area contributed by atoms with Crippen molar-refractivity contribution in [2.45, 2.75) is 25.3 Å². The van der Waals surface area contributed by atoms with E-state index < -0.39 is 35.4 Å². The molecule has 2 aromatic rings. The van der Waals surface area contributed by atoms with Crippen LogP contribution in [0, 0.1) is 12.7 Å². The molecule has 0 unspecified atom stereocenters. The lowest BCUT2D eigenvalue weighted by atomic mass is 9.86. The number of carbonyl (C=O) groups excluding carboxylic acids is 1. The first-order valence-corrected chi connectivity index (χ1v) is 8.15. The molecule has 28 heavy (non-hydrogen) atoms. The van der Waals surface area contributed by atoms with Crippen LogP contribution in [0.2, 0.25) is 0 Å². The number of oxazole rings is 1. The predicted octanol–water partition coefficient (Wildman–Crippen LogP) is 2.67. The zero-order valence-corrected chi connectivity index (χ0v) is 15.4. The smallest absolute Gasteiger partial charge is 0.292 e. The van der Waals surface area contributed by atoms with E-state index in [1.807, 2.05) is 0 Å². The number of hydrogen-bond acceptors (Lipinski definition) is 6. The molecule has 152 valence electrons. The third-order valence-electron chi connectivity index (χ3n) is 4.07. The monoisotopic (exact) mass is 398 g/mol. The molecular formula is C18H21F3N4O3. The molecule has 2 rings (SSSR count). The van der Waals surface area contributed by atoms with E-state index in [0.29, 0.717) is 0 Å². The van der Waals surface area contributed by atoms with Gasteiger partial charge in [0.1, 0.15) is 23.7 Å². The molecule has 0 saturated carbocycles. The summed E-state index contributed by atoms with van der Waals surface area (Å²) in [6.45, 7) is 4.46. The van der Waals surface area contributed by atoms with Crippen molar-refractivity contribution >= 4 is 11.6 Å². The fourth-order valence-corrected chi connectivity index (χ4v) is 2.37. The van der Waals surface area contributed by atoms with E-state index in [1.165, 1.54) is 13.0 Å². The van der Waals surface area contributed by atoms with Crippen molar-refractivity contribution in [3.05, 3.63) is 59.7 Å². The van der Waals surface area contributed by atoms with Crippen LogP contribution in [0.25, 0.3) is 0 Å². The number of benzene rings is 1. The summed E-state index contributed by atoms with van der Waals surface area (Å²) in [6, 6.07) is 3.19. The second kappa shape index (κ2) is 8.03. The molecule has 0 aliphatic carbocycles. The van der Waals surface area contributed by atoms with E-state index in [0.717, 1.165) is 25.5 Å². The van der Waals surface area contributed by atoms with Crippen molar-refractivity contribution in [1.82, 2.24) is 4.98 Å². The van der Waals surface area contributed by atoms with Crippen molar-refractivity contribution in [2.24, 2.45) is 11.5 Å². The molecular weight excluding hydrogens is 377 g/mol. The van der Waals surface area contributed by atoms with E-state index >= 15 is 0 Å². The van der Waals surface area contributed by atoms with Crippen molar-refractivity contribution in [3.63, 3.8) is 0 Å². The minimum atomic E-state index is -3.64. The highest BCUT2D eigenvalue weighted by molar-refractivity contribution is 6.03. The van der Waals surface area contributed by atoms with Gasteiger partial charge in [-0.3, -0.25) is 4.79 Å². The third kappa shape index (κ3) is 4.52. The number of aryl methyl sites for hydroxylation is 1. The van der Waals surface area contributed by atoms with Crippen LogP contribution < -0.4 is 16.8 Å². The van der Waals surface area contributed by atoms with Crippen LogP contribution in [0.4, 0.5) is 18.9 Å². The number of carbonyl (C=O) groups is 1. The maximum Gasteiger partial charge on any atom is 0.292 e. The first kappa shape index (κ1) is 21.5. The summed E-state index contributed by atoms with van der Waals surface area (Å²) >= 11 is 0. The number of alkyl halides is 2. The van der Waals surface area contributed by atoms with Crippen molar-refractivity contribution in [2.75, 3.05) is 18.5 Å². The van der Waals surface area contributed by atoms with E-state index in [2.05, 4.69) is 16.9 Å². The molecule has 0 radical (unpaired) electrons. The number of rotatable bonds is 8. The minimum Gasteiger partial charge on any atom is -0.448 e. The molecule has 5 N–H and O–H groups in total. The molecule has 1 heterocycles. The van der Waals surface area contributed by atoms with Crippen LogP contribution in [0.15, 0.2) is 41.3 Å². The second-order valence-electron chi connectivity index (χ2n) is 6.46. The maximum atomic E-state index is 14.6. The van der Waals surface area contributed by atoms with Crippen LogP contribution in [0.3, 0.4) is 0 Å². The van der Waals surface area contributed by atoms with Crippen LogP contribution in [-0.2, 0) is 10.3 Å². The maximum absolute atomic E-state index is 14.6. The first-order valence-electron chi connectivity index (χ1n) is 8.15. The Morgan fingerprint density at radius 2 is 2.11 bits per heavy atom. The lowest BCUT2D eigenvalue weighted by Crippen LogP contribution is -2.53. The van der Waals surface area contributed by atoms with E-state index in [4.69, 9.17) is 20.6 Å². The van der Waals surface area contributed by atoms with Crippen molar-refractivity contribution in [3.8, 4) is 0 Å². The summed E-state index contributed by atoms with van der Waals surface area (Å²) < 4.78 is 53.2. The minimum absolute atomic E-state index is 0.0159. The van der Waals surface area contributed by atoms with Gasteiger partial charge in [-0.25, -0.2) is 18.2 Å². The van der Waals surface area contributed by atoms with Gasteiger partial charge in [0.25, 0.3) is 11.8 Å². The van der Waals surface area contributed by atoms with Gasteiger partial charge in [-0.2, -0.15) is 0 Å². The van der Waals surface area contributed by atoms with Gasteiger partial charge < -0.3 is 25.9 Å². The van der Waals surface area contributed by atoms with Gasteiger partial charge in [-0.15, -0.1) is 0 Å². The zero-order chi connectivity index (χ0) is 21.1. The number of nitrogens with zero attached hydrogens (tertiary/aromatic N) is 1. The average Bonchev–Trinajstić information content (AvgIpc) is 3.02. The summed E-state index contributed by atoms with van der Waals surface area (Å²) in [5, 5.41) is 2.45. The van der Waals surface area contributed by atoms with E-state index in [9.17, 15) is 18.0 Å². The van der Waals surface area contributed by atoms with Crippen molar-refractivity contribution in [1.29, 1.82) is 0 Å². The molecule has 1 amide bonds. The van der Waals surface area contributed by atoms with Gasteiger partial charge in [-0.05, 0) is 32.0 Å². The molecule has 0 fully saturated rings. The molecule has 1 aromatic carbocycles. The molecule has 0 bridgehead atoms. The van der Waals surface area contributed by atoms with E-state index in [1.54, 1.807) is 0 Å². The Morgan fingerprint density at radius 1 is 1.43 bits per heavy atom. The molecule has 10 heteroatoms. The zero-order valence-electron chi connectivity index (χ0n) is 15.4. The van der Waals surface area contributed by atoms with Gasteiger partial charge in [0, 0.05) is 16.9 Å². The normalized spacial score (nSPS) is 13.8. The van der Waals surface area contributed by atoms with Gasteiger partial charge >= 0.3 is 0 Å². The molecule has 0 saturated heterocycles. The lowest BCUT2D eigenvalue weighted by molar-refractivity contribution is -0.124. The molecule has 1 aromatic heterocycles. The summed E-state index contributed by atoms with van der Waals surface area (Å²) in [5.74, 6) is -4.97. The molecule has 1 atom stereocenters. The lowest BCUT2D eigenvalue weighted by Gasteiger charge is -2.34. The Hall–Kier alpha value is -2.85. The highest BCUT2D eigenvalue weighted by Crippen LogP contribution is 2.38. The summed E-state index contributed by atoms with van der Waals surface area (Å²) in [6.07, 6.45) is 1.09. The summed E-state index contributed by atoms with van der Waals surface area (Å²) in [7, 11) is 0.